The predicted molar refractivity (Wildman–Crippen MR) is 98.2 cm³/mol. The number of thiophene rings is 1. The van der Waals surface area contributed by atoms with Crippen LogP contribution in [0.25, 0.3) is 0 Å². The van der Waals surface area contributed by atoms with Crippen LogP contribution in [0.15, 0.2) is 11.4 Å². The summed E-state index contributed by atoms with van der Waals surface area (Å²) in [7, 11) is 0. The normalized spacial score (nSPS) is 21.2. The van der Waals surface area contributed by atoms with Gasteiger partial charge in [0.15, 0.2) is 6.10 Å². The molecule has 0 unspecified atom stereocenters. The molecule has 1 aliphatic carbocycles. The Kier molecular flexibility index (Phi) is 7.45. The standard InChI is InChI=1S/C19H26N2O3S/c1-3-4-5-14-6-8-15(9-7-14)19(23)24-13(2)17(22)21-18-16(12-20)10-11-25-18/h10-11,13-15H,3-9H2,1-2H3,(H,21,22)/t13-,14?,15?/m1/s1. The summed E-state index contributed by atoms with van der Waals surface area (Å²) >= 11 is 1.28. The Morgan fingerprint density at radius 3 is 2.76 bits per heavy atom. The van der Waals surface area contributed by atoms with E-state index < -0.39 is 12.0 Å². The van der Waals surface area contributed by atoms with E-state index in [-0.39, 0.29) is 11.9 Å². The Hall–Kier alpha value is -1.87. The first-order chi connectivity index (χ1) is 12.0. The van der Waals surface area contributed by atoms with Gasteiger partial charge in [-0.3, -0.25) is 9.59 Å². The zero-order valence-corrected chi connectivity index (χ0v) is 15.7. The molecule has 1 aromatic rings. The molecule has 1 aliphatic rings. The summed E-state index contributed by atoms with van der Waals surface area (Å²) in [4.78, 5) is 24.5. The third-order valence-electron chi connectivity index (χ3n) is 4.83. The van der Waals surface area contributed by atoms with Crippen molar-refractivity contribution in [2.75, 3.05) is 5.32 Å². The van der Waals surface area contributed by atoms with E-state index in [2.05, 4.69) is 12.2 Å². The number of nitriles is 1. The number of carbonyl (C=O) groups is 2. The number of carbonyl (C=O) groups excluding carboxylic acids is 2. The molecule has 0 aromatic carbocycles. The number of nitrogens with zero attached hydrogens (tertiary/aromatic N) is 1. The highest BCUT2D eigenvalue weighted by atomic mass is 32.1. The quantitative estimate of drug-likeness (QED) is 0.725. The van der Waals surface area contributed by atoms with Crippen molar-refractivity contribution in [1.29, 1.82) is 5.26 Å². The fourth-order valence-electron chi connectivity index (χ4n) is 3.21. The molecule has 2 rings (SSSR count). The van der Waals surface area contributed by atoms with Gasteiger partial charge in [0.05, 0.1) is 11.5 Å². The summed E-state index contributed by atoms with van der Waals surface area (Å²) in [5.74, 6) is -0.0373. The highest BCUT2D eigenvalue weighted by molar-refractivity contribution is 7.14. The lowest BCUT2D eigenvalue weighted by molar-refractivity contribution is -0.158. The number of rotatable bonds is 7. The number of esters is 1. The molecular weight excluding hydrogens is 336 g/mol. The summed E-state index contributed by atoms with van der Waals surface area (Å²) in [6.07, 6.45) is 6.70. The second-order valence-corrected chi connectivity index (χ2v) is 7.62. The lowest BCUT2D eigenvalue weighted by Crippen LogP contribution is -2.33. The molecule has 1 amide bonds. The average Bonchev–Trinajstić information content (AvgIpc) is 3.07. The minimum Gasteiger partial charge on any atom is -0.452 e. The number of hydrogen-bond acceptors (Lipinski definition) is 5. The van der Waals surface area contributed by atoms with Gasteiger partial charge in [-0.15, -0.1) is 11.3 Å². The monoisotopic (exact) mass is 362 g/mol. The van der Waals surface area contributed by atoms with Crippen LogP contribution < -0.4 is 5.32 Å². The van der Waals surface area contributed by atoms with Crippen LogP contribution in [-0.4, -0.2) is 18.0 Å². The Balaban J connectivity index is 1.78. The molecule has 0 saturated heterocycles. The first-order valence-electron chi connectivity index (χ1n) is 9.04. The van der Waals surface area contributed by atoms with Gasteiger partial charge in [-0.25, -0.2) is 0 Å². The number of ether oxygens (including phenoxy) is 1. The molecule has 1 aromatic heterocycles. The number of unbranched alkanes of at least 4 members (excludes halogenated alkanes) is 1. The van der Waals surface area contributed by atoms with Gasteiger partial charge < -0.3 is 10.1 Å². The van der Waals surface area contributed by atoms with Gasteiger partial charge in [0.1, 0.15) is 11.1 Å². The SMILES string of the molecule is CCCCC1CCC(C(=O)O[C@H](C)C(=O)Nc2sccc2C#N)CC1. The van der Waals surface area contributed by atoms with Crippen LogP contribution in [0, 0.1) is 23.2 Å². The first-order valence-corrected chi connectivity index (χ1v) is 9.92. The molecule has 1 N–H and O–H groups in total. The number of hydrogen-bond donors (Lipinski definition) is 1. The van der Waals surface area contributed by atoms with Gasteiger partial charge in [0.2, 0.25) is 0 Å². The molecule has 6 heteroatoms. The van der Waals surface area contributed by atoms with Crippen molar-refractivity contribution in [2.24, 2.45) is 11.8 Å². The van der Waals surface area contributed by atoms with Crippen LogP contribution in [0.3, 0.4) is 0 Å². The van der Waals surface area contributed by atoms with Crippen molar-refractivity contribution in [1.82, 2.24) is 0 Å². The van der Waals surface area contributed by atoms with E-state index in [0.29, 0.717) is 10.6 Å². The van der Waals surface area contributed by atoms with Crippen LogP contribution >= 0.6 is 11.3 Å². The summed E-state index contributed by atoms with van der Waals surface area (Å²) < 4.78 is 5.36. The topological polar surface area (TPSA) is 79.2 Å². The highest BCUT2D eigenvalue weighted by Crippen LogP contribution is 2.32. The van der Waals surface area contributed by atoms with E-state index >= 15 is 0 Å². The van der Waals surface area contributed by atoms with E-state index in [1.54, 1.807) is 18.4 Å². The maximum absolute atomic E-state index is 12.3. The molecule has 0 bridgehead atoms. The molecule has 1 saturated carbocycles. The number of anilines is 1. The van der Waals surface area contributed by atoms with Crippen molar-refractivity contribution >= 4 is 28.2 Å². The molecule has 1 fully saturated rings. The summed E-state index contributed by atoms with van der Waals surface area (Å²) in [6, 6.07) is 3.67. The second kappa shape index (κ2) is 9.57. The highest BCUT2D eigenvalue weighted by Gasteiger charge is 2.29. The van der Waals surface area contributed by atoms with Crippen molar-refractivity contribution in [3.05, 3.63) is 17.0 Å². The smallest absolute Gasteiger partial charge is 0.309 e. The van der Waals surface area contributed by atoms with E-state index in [0.717, 1.165) is 31.6 Å². The molecule has 5 nitrogen and oxygen atoms in total. The molecule has 0 spiro atoms. The molecule has 0 aliphatic heterocycles. The predicted octanol–water partition coefficient (Wildman–Crippen LogP) is 4.49. The van der Waals surface area contributed by atoms with E-state index in [1.807, 2.05) is 6.07 Å². The largest absolute Gasteiger partial charge is 0.452 e. The van der Waals surface area contributed by atoms with Gasteiger partial charge in [0, 0.05) is 0 Å². The lowest BCUT2D eigenvalue weighted by Gasteiger charge is -2.27. The maximum Gasteiger partial charge on any atom is 0.309 e. The minimum atomic E-state index is -0.862. The van der Waals surface area contributed by atoms with Crippen molar-refractivity contribution in [3.63, 3.8) is 0 Å². The summed E-state index contributed by atoms with van der Waals surface area (Å²) in [5.41, 5.74) is 0.419. The minimum absolute atomic E-state index is 0.0930. The van der Waals surface area contributed by atoms with Gasteiger partial charge in [-0.2, -0.15) is 5.26 Å². The fraction of sp³-hybridized carbons (Fsp3) is 0.632. The van der Waals surface area contributed by atoms with Crippen LogP contribution in [0.2, 0.25) is 0 Å². The van der Waals surface area contributed by atoms with E-state index in [4.69, 9.17) is 10.00 Å². The van der Waals surface area contributed by atoms with Crippen molar-refractivity contribution in [3.8, 4) is 6.07 Å². The van der Waals surface area contributed by atoms with Crippen LogP contribution in [0.4, 0.5) is 5.00 Å². The van der Waals surface area contributed by atoms with Gasteiger partial charge in [-0.05, 0) is 50.0 Å². The van der Waals surface area contributed by atoms with Gasteiger partial charge >= 0.3 is 5.97 Å². The van der Waals surface area contributed by atoms with Gasteiger partial charge in [0.25, 0.3) is 5.91 Å². The van der Waals surface area contributed by atoms with Crippen molar-refractivity contribution < 1.29 is 14.3 Å². The Labute approximate surface area is 153 Å². The lowest BCUT2D eigenvalue weighted by atomic mass is 9.80. The van der Waals surface area contributed by atoms with E-state index in [9.17, 15) is 9.59 Å². The third-order valence-corrected chi connectivity index (χ3v) is 5.66. The summed E-state index contributed by atoms with van der Waals surface area (Å²) in [6.45, 7) is 3.77. The Morgan fingerprint density at radius 1 is 1.40 bits per heavy atom. The number of nitrogens with one attached hydrogen (secondary N) is 1. The zero-order chi connectivity index (χ0) is 18.2. The Morgan fingerprint density at radius 2 is 2.12 bits per heavy atom. The van der Waals surface area contributed by atoms with Crippen LogP contribution in [0.5, 0.6) is 0 Å². The average molecular weight is 362 g/mol. The maximum atomic E-state index is 12.3. The summed E-state index contributed by atoms with van der Waals surface area (Å²) in [5, 5.41) is 13.9. The van der Waals surface area contributed by atoms with Crippen LogP contribution in [0.1, 0.15) is 64.4 Å². The first kappa shape index (κ1) is 19.5. The molecule has 25 heavy (non-hydrogen) atoms. The van der Waals surface area contributed by atoms with Crippen molar-refractivity contribution in [2.45, 2.75) is 64.9 Å². The van der Waals surface area contributed by atoms with E-state index in [1.165, 1.54) is 30.6 Å². The Bertz CT molecular complexity index is 627. The van der Waals surface area contributed by atoms with Gasteiger partial charge in [-0.1, -0.05) is 26.2 Å². The fourth-order valence-corrected chi connectivity index (χ4v) is 3.95. The zero-order valence-electron chi connectivity index (χ0n) is 14.9. The third kappa shape index (κ3) is 5.57. The second-order valence-electron chi connectivity index (χ2n) is 6.70. The molecule has 136 valence electrons. The number of amides is 1. The molecular formula is C19H26N2O3S. The molecule has 1 atom stereocenters. The van der Waals surface area contributed by atoms with Crippen LogP contribution in [-0.2, 0) is 14.3 Å². The molecule has 1 heterocycles. The molecule has 0 radical (unpaired) electrons.